The fourth-order valence-corrected chi connectivity index (χ4v) is 3.43. The lowest BCUT2D eigenvalue weighted by Crippen LogP contribution is -2.36. The van der Waals surface area contributed by atoms with Crippen molar-refractivity contribution in [3.05, 3.63) is 34.9 Å². The minimum Gasteiger partial charge on any atom is -0.316 e. The van der Waals surface area contributed by atoms with Gasteiger partial charge in [-0.1, -0.05) is 37.6 Å². The highest BCUT2D eigenvalue weighted by atomic mass is 14.9. The molecule has 1 aliphatic heterocycles. The Balaban J connectivity index is 2.22. The van der Waals surface area contributed by atoms with Gasteiger partial charge in [-0.3, -0.25) is 0 Å². The first-order valence-electron chi connectivity index (χ1n) is 7.35. The van der Waals surface area contributed by atoms with Crippen LogP contribution in [0.3, 0.4) is 0 Å². The molecular formula is C17H27N. The number of hydrogen-bond donors (Lipinski definition) is 1. The van der Waals surface area contributed by atoms with E-state index in [4.69, 9.17) is 0 Å². The maximum Gasteiger partial charge on any atom is -0.00146 e. The molecule has 1 N–H and O–H groups in total. The molecule has 1 heterocycles. The molecule has 0 bridgehead atoms. The van der Waals surface area contributed by atoms with E-state index in [-0.39, 0.29) is 0 Å². The Kier molecular flexibility index (Phi) is 4.45. The van der Waals surface area contributed by atoms with E-state index in [0.29, 0.717) is 0 Å². The summed E-state index contributed by atoms with van der Waals surface area (Å²) in [6.07, 6.45) is 2.63. The van der Waals surface area contributed by atoms with Gasteiger partial charge in [0.1, 0.15) is 0 Å². The van der Waals surface area contributed by atoms with Crippen LogP contribution in [0.15, 0.2) is 18.2 Å². The van der Waals surface area contributed by atoms with Crippen molar-refractivity contribution >= 4 is 0 Å². The summed E-state index contributed by atoms with van der Waals surface area (Å²) in [4.78, 5) is 0. The third kappa shape index (κ3) is 3.14. The van der Waals surface area contributed by atoms with Crippen molar-refractivity contribution in [3.8, 4) is 0 Å². The SMILES string of the molecule is Cc1ccc(C2CCNCC2CC(C)C)c(C)c1. The normalized spacial score (nSPS) is 24.5. The van der Waals surface area contributed by atoms with Gasteiger partial charge in [-0.2, -0.15) is 0 Å². The molecule has 0 aromatic heterocycles. The van der Waals surface area contributed by atoms with E-state index in [1.165, 1.54) is 37.1 Å². The van der Waals surface area contributed by atoms with E-state index in [1.54, 1.807) is 5.56 Å². The molecule has 1 heteroatoms. The predicted octanol–water partition coefficient (Wildman–Crippen LogP) is 4.04. The Morgan fingerprint density at radius 2 is 2.06 bits per heavy atom. The molecule has 1 aliphatic rings. The molecule has 0 radical (unpaired) electrons. The van der Waals surface area contributed by atoms with E-state index < -0.39 is 0 Å². The predicted molar refractivity (Wildman–Crippen MR) is 79.1 cm³/mol. The number of piperidine rings is 1. The van der Waals surface area contributed by atoms with Crippen molar-refractivity contribution in [2.75, 3.05) is 13.1 Å². The Bertz CT molecular complexity index is 395. The maximum absolute atomic E-state index is 3.57. The zero-order valence-electron chi connectivity index (χ0n) is 12.3. The summed E-state index contributed by atoms with van der Waals surface area (Å²) in [5.41, 5.74) is 4.45. The van der Waals surface area contributed by atoms with Crippen molar-refractivity contribution in [2.45, 2.75) is 46.5 Å². The second kappa shape index (κ2) is 5.88. The first-order valence-corrected chi connectivity index (χ1v) is 7.35. The van der Waals surface area contributed by atoms with Crippen LogP contribution in [0.2, 0.25) is 0 Å². The number of benzene rings is 1. The molecule has 0 saturated carbocycles. The van der Waals surface area contributed by atoms with Crippen LogP contribution in [0.1, 0.15) is 49.3 Å². The summed E-state index contributed by atoms with van der Waals surface area (Å²) in [7, 11) is 0. The second-order valence-electron chi connectivity index (χ2n) is 6.35. The third-order valence-electron chi connectivity index (χ3n) is 4.21. The highest BCUT2D eigenvalue weighted by Crippen LogP contribution is 2.35. The van der Waals surface area contributed by atoms with Gasteiger partial charge in [0.25, 0.3) is 0 Å². The highest BCUT2D eigenvalue weighted by molar-refractivity contribution is 5.34. The molecule has 2 unspecified atom stereocenters. The molecule has 0 aliphatic carbocycles. The highest BCUT2D eigenvalue weighted by Gasteiger charge is 2.27. The van der Waals surface area contributed by atoms with E-state index in [9.17, 15) is 0 Å². The van der Waals surface area contributed by atoms with E-state index in [0.717, 1.165) is 17.8 Å². The van der Waals surface area contributed by atoms with Gasteiger partial charge >= 0.3 is 0 Å². The summed E-state index contributed by atoms with van der Waals surface area (Å²) in [6, 6.07) is 6.98. The summed E-state index contributed by atoms with van der Waals surface area (Å²) in [6.45, 7) is 11.5. The number of hydrogen-bond acceptors (Lipinski definition) is 1. The molecule has 1 aromatic carbocycles. The number of rotatable bonds is 3. The van der Waals surface area contributed by atoms with Crippen LogP contribution < -0.4 is 5.32 Å². The Morgan fingerprint density at radius 1 is 1.28 bits per heavy atom. The Labute approximate surface area is 112 Å². The van der Waals surface area contributed by atoms with E-state index >= 15 is 0 Å². The standard InChI is InChI=1S/C17H27N/c1-12(2)9-15-11-18-8-7-17(15)16-6-5-13(3)10-14(16)4/h5-6,10,12,15,17-18H,7-9,11H2,1-4H3. The van der Waals surface area contributed by atoms with Crippen LogP contribution in [-0.4, -0.2) is 13.1 Å². The van der Waals surface area contributed by atoms with Gasteiger partial charge < -0.3 is 5.32 Å². The Hall–Kier alpha value is -0.820. The lowest BCUT2D eigenvalue weighted by atomic mass is 9.76. The molecule has 0 spiro atoms. The van der Waals surface area contributed by atoms with Crippen molar-refractivity contribution in [1.29, 1.82) is 0 Å². The summed E-state index contributed by atoms with van der Waals surface area (Å²) in [5, 5.41) is 3.57. The monoisotopic (exact) mass is 245 g/mol. The van der Waals surface area contributed by atoms with Gasteiger partial charge in [-0.05, 0) is 68.7 Å². The first-order chi connectivity index (χ1) is 8.58. The number of nitrogens with one attached hydrogen (secondary N) is 1. The summed E-state index contributed by atoms with van der Waals surface area (Å²) < 4.78 is 0. The molecule has 2 rings (SSSR count). The van der Waals surface area contributed by atoms with Crippen LogP contribution in [0.5, 0.6) is 0 Å². The summed E-state index contributed by atoms with van der Waals surface area (Å²) >= 11 is 0. The first kappa shape index (κ1) is 13.6. The molecule has 0 amide bonds. The third-order valence-corrected chi connectivity index (χ3v) is 4.21. The molecule has 100 valence electrons. The van der Waals surface area contributed by atoms with Gasteiger partial charge in [0.2, 0.25) is 0 Å². The van der Waals surface area contributed by atoms with Crippen molar-refractivity contribution in [2.24, 2.45) is 11.8 Å². The fraction of sp³-hybridized carbons (Fsp3) is 0.647. The van der Waals surface area contributed by atoms with Crippen molar-refractivity contribution in [3.63, 3.8) is 0 Å². The second-order valence-corrected chi connectivity index (χ2v) is 6.35. The fourth-order valence-electron chi connectivity index (χ4n) is 3.43. The summed E-state index contributed by atoms with van der Waals surface area (Å²) in [5.74, 6) is 2.36. The molecule has 1 nitrogen and oxygen atoms in total. The van der Waals surface area contributed by atoms with Crippen LogP contribution in [0, 0.1) is 25.7 Å². The van der Waals surface area contributed by atoms with Crippen LogP contribution in [0.4, 0.5) is 0 Å². The largest absolute Gasteiger partial charge is 0.316 e. The van der Waals surface area contributed by atoms with Gasteiger partial charge in [-0.25, -0.2) is 0 Å². The van der Waals surface area contributed by atoms with Crippen molar-refractivity contribution in [1.82, 2.24) is 5.32 Å². The van der Waals surface area contributed by atoms with Gasteiger partial charge in [0.15, 0.2) is 0 Å². The molecule has 2 atom stereocenters. The molecule has 1 fully saturated rings. The van der Waals surface area contributed by atoms with E-state index in [2.05, 4.69) is 51.2 Å². The zero-order valence-corrected chi connectivity index (χ0v) is 12.3. The smallest absolute Gasteiger partial charge is 0.00146 e. The Morgan fingerprint density at radius 3 is 2.72 bits per heavy atom. The minimum atomic E-state index is 0.759. The molecule has 1 aromatic rings. The van der Waals surface area contributed by atoms with Gasteiger partial charge in [0, 0.05) is 0 Å². The van der Waals surface area contributed by atoms with Crippen molar-refractivity contribution < 1.29 is 0 Å². The minimum absolute atomic E-state index is 0.759. The van der Waals surface area contributed by atoms with E-state index in [1.807, 2.05) is 0 Å². The molecule has 1 saturated heterocycles. The average molecular weight is 245 g/mol. The lowest BCUT2D eigenvalue weighted by Gasteiger charge is -2.34. The average Bonchev–Trinajstić information content (AvgIpc) is 2.30. The van der Waals surface area contributed by atoms with Crippen LogP contribution >= 0.6 is 0 Å². The lowest BCUT2D eigenvalue weighted by molar-refractivity contribution is 0.279. The number of aryl methyl sites for hydroxylation is 2. The van der Waals surface area contributed by atoms with Crippen LogP contribution in [0.25, 0.3) is 0 Å². The zero-order chi connectivity index (χ0) is 13.1. The topological polar surface area (TPSA) is 12.0 Å². The maximum atomic E-state index is 3.57. The van der Waals surface area contributed by atoms with Gasteiger partial charge in [-0.15, -0.1) is 0 Å². The molecule has 18 heavy (non-hydrogen) atoms. The van der Waals surface area contributed by atoms with Gasteiger partial charge in [0.05, 0.1) is 0 Å². The van der Waals surface area contributed by atoms with Crippen LogP contribution in [-0.2, 0) is 0 Å². The quantitative estimate of drug-likeness (QED) is 0.847. The molecular weight excluding hydrogens is 218 g/mol.